The number of hydrogen-bond acceptors (Lipinski definition) is 5. The molecule has 0 radical (unpaired) electrons. The lowest BCUT2D eigenvalue weighted by atomic mass is 10.0. The number of aromatic nitrogens is 4. The highest BCUT2D eigenvalue weighted by Crippen LogP contribution is 2.38. The summed E-state index contributed by atoms with van der Waals surface area (Å²) in [4.78, 5) is 25.8. The van der Waals surface area contributed by atoms with Gasteiger partial charge >= 0.3 is 18.4 Å². The zero-order valence-electron chi connectivity index (χ0n) is 25.4. The molecule has 0 aliphatic carbocycles. The highest BCUT2D eigenvalue weighted by atomic mass is 19.4. The van der Waals surface area contributed by atoms with Crippen molar-refractivity contribution in [2.75, 3.05) is 5.32 Å². The quantitative estimate of drug-likeness (QED) is 0.181. The van der Waals surface area contributed by atoms with Gasteiger partial charge in [0.1, 0.15) is 11.4 Å². The van der Waals surface area contributed by atoms with E-state index in [4.69, 9.17) is 4.74 Å². The summed E-state index contributed by atoms with van der Waals surface area (Å²) in [5, 5.41) is 13.2. The summed E-state index contributed by atoms with van der Waals surface area (Å²) in [6.07, 6.45) is -9.44. The fourth-order valence-corrected chi connectivity index (χ4v) is 4.82. The number of anilines is 1. The van der Waals surface area contributed by atoms with Crippen LogP contribution in [0.15, 0.2) is 79.0 Å². The molecule has 2 amide bonds. The molecule has 5 rings (SSSR count). The SMILES string of the molecule is Cn1ccc(-c2cc(C(=O)Nc3c4ccc([C@@H](NC(=O)OC(C)(C)C)C(F)(F)F)cc4nn3-c3ccccc3)ccc2C(F)(F)F)n1. The van der Waals surface area contributed by atoms with E-state index in [-0.39, 0.29) is 39.1 Å². The lowest BCUT2D eigenvalue weighted by Gasteiger charge is -2.25. The molecule has 0 spiro atoms. The molecular formula is C32H28F6N6O3. The molecule has 1 atom stereocenters. The van der Waals surface area contributed by atoms with Crippen molar-refractivity contribution in [3.63, 3.8) is 0 Å². The van der Waals surface area contributed by atoms with Gasteiger partial charge in [0.05, 0.1) is 22.5 Å². The van der Waals surface area contributed by atoms with Crippen LogP contribution in [0.2, 0.25) is 0 Å². The minimum atomic E-state index is -4.91. The van der Waals surface area contributed by atoms with E-state index < -0.39 is 41.6 Å². The zero-order valence-corrected chi connectivity index (χ0v) is 25.4. The number of amides is 2. The van der Waals surface area contributed by atoms with E-state index >= 15 is 0 Å². The number of rotatable bonds is 6. The zero-order chi connectivity index (χ0) is 34.3. The summed E-state index contributed by atoms with van der Waals surface area (Å²) >= 11 is 0. The molecule has 0 bridgehead atoms. The summed E-state index contributed by atoms with van der Waals surface area (Å²) < 4.78 is 91.6. The van der Waals surface area contributed by atoms with Gasteiger partial charge in [-0.3, -0.25) is 9.48 Å². The number of carbonyl (C=O) groups is 2. The number of alkyl halides is 6. The van der Waals surface area contributed by atoms with Crippen LogP contribution < -0.4 is 10.6 Å². The number of hydrogen-bond donors (Lipinski definition) is 2. The number of nitrogens with one attached hydrogen (secondary N) is 2. The summed E-state index contributed by atoms with van der Waals surface area (Å²) in [6, 6.07) is 13.7. The molecule has 2 heterocycles. The van der Waals surface area contributed by atoms with E-state index in [2.05, 4.69) is 15.5 Å². The average molecular weight is 659 g/mol. The van der Waals surface area contributed by atoms with E-state index in [0.717, 1.165) is 30.3 Å². The fraction of sp³-hybridized carbons (Fsp3) is 0.250. The standard InChI is InChI=1S/C32H28F6N6O3/c1-30(2,3)47-29(46)39-26(32(36,37)38)18-10-12-21-25(17-18)42-44(20-8-6-5-7-9-20)27(21)40-28(45)19-11-13-23(31(33,34)35)22(16-19)24-14-15-43(4)41-24/h5-17,26H,1-4H3,(H,39,46)(H,40,45)/t26-/m1/s1. The van der Waals surface area contributed by atoms with Crippen molar-refractivity contribution in [3.8, 4) is 16.9 Å². The maximum absolute atomic E-state index is 14.1. The van der Waals surface area contributed by atoms with Gasteiger partial charge in [-0.1, -0.05) is 24.3 Å². The fourth-order valence-electron chi connectivity index (χ4n) is 4.82. The van der Waals surface area contributed by atoms with Gasteiger partial charge in [-0.15, -0.1) is 0 Å². The number of alkyl carbamates (subject to hydrolysis) is 1. The van der Waals surface area contributed by atoms with Crippen LogP contribution in [-0.2, 0) is 18.0 Å². The molecule has 5 aromatic rings. The summed E-state index contributed by atoms with van der Waals surface area (Å²) in [5.74, 6) is -0.760. The third-order valence-corrected chi connectivity index (χ3v) is 6.83. The molecule has 15 heteroatoms. The molecule has 47 heavy (non-hydrogen) atoms. The van der Waals surface area contributed by atoms with Gasteiger partial charge in [0.15, 0.2) is 6.04 Å². The van der Waals surface area contributed by atoms with Gasteiger partial charge in [0.25, 0.3) is 5.91 Å². The van der Waals surface area contributed by atoms with Gasteiger partial charge < -0.3 is 15.4 Å². The van der Waals surface area contributed by atoms with Crippen LogP contribution in [0.25, 0.3) is 27.8 Å². The first-order valence-electron chi connectivity index (χ1n) is 14.1. The largest absolute Gasteiger partial charge is 0.444 e. The molecule has 0 fully saturated rings. The van der Waals surface area contributed by atoms with Gasteiger partial charge in [-0.05, 0) is 74.9 Å². The van der Waals surface area contributed by atoms with E-state index in [1.54, 1.807) is 37.4 Å². The van der Waals surface area contributed by atoms with Crippen LogP contribution in [0.4, 0.5) is 37.0 Å². The maximum atomic E-state index is 14.1. The van der Waals surface area contributed by atoms with Crippen LogP contribution in [-0.4, -0.2) is 43.3 Å². The minimum Gasteiger partial charge on any atom is -0.444 e. The Kier molecular flexibility index (Phi) is 8.51. The number of aryl methyl sites for hydroxylation is 1. The predicted octanol–water partition coefficient (Wildman–Crippen LogP) is 7.83. The van der Waals surface area contributed by atoms with Crippen LogP contribution >= 0.6 is 0 Å². The monoisotopic (exact) mass is 658 g/mol. The Morgan fingerprint density at radius 3 is 2.17 bits per heavy atom. The molecule has 2 aromatic heterocycles. The number of ether oxygens (including phenoxy) is 1. The van der Waals surface area contributed by atoms with Crippen LogP contribution in [0, 0.1) is 0 Å². The number of benzene rings is 3. The molecule has 0 aliphatic rings. The van der Waals surface area contributed by atoms with Crippen molar-refractivity contribution in [3.05, 3.63) is 95.7 Å². The maximum Gasteiger partial charge on any atom is 0.417 e. The topological polar surface area (TPSA) is 103 Å². The van der Waals surface area contributed by atoms with Crippen molar-refractivity contribution >= 4 is 28.7 Å². The summed E-state index contributed by atoms with van der Waals surface area (Å²) in [5.41, 5.74) is -2.37. The first-order chi connectivity index (χ1) is 21.9. The number of para-hydroxylation sites is 1. The lowest BCUT2D eigenvalue weighted by molar-refractivity contribution is -0.156. The Morgan fingerprint density at radius 1 is 0.872 bits per heavy atom. The normalized spacial score (nSPS) is 13.0. The highest BCUT2D eigenvalue weighted by Gasteiger charge is 2.43. The van der Waals surface area contributed by atoms with Crippen molar-refractivity contribution in [1.29, 1.82) is 0 Å². The highest BCUT2D eigenvalue weighted by molar-refractivity contribution is 6.09. The molecule has 9 nitrogen and oxygen atoms in total. The Bertz CT molecular complexity index is 1940. The van der Waals surface area contributed by atoms with Crippen LogP contribution in [0.1, 0.15) is 48.3 Å². The molecule has 0 saturated carbocycles. The van der Waals surface area contributed by atoms with Gasteiger partial charge in [0.2, 0.25) is 0 Å². The number of nitrogens with zero attached hydrogens (tertiary/aromatic N) is 4. The third kappa shape index (κ3) is 7.39. The first-order valence-corrected chi connectivity index (χ1v) is 14.1. The second-order valence-corrected chi connectivity index (χ2v) is 11.6. The van der Waals surface area contributed by atoms with Gasteiger partial charge in [0, 0.05) is 29.8 Å². The molecule has 3 aromatic carbocycles. The minimum absolute atomic E-state index is 0.000918. The van der Waals surface area contributed by atoms with Gasteiger partial charge in [-0.25, -0.2) is 9.48 Å². The van der Waals surface area contributed by atoms with E-state index in [0.29, 0.717) is 5.69 Å². The molecule has 0 aliphatic heterocycles. The summed E-state index contributed by atoms with van der Waals surface area (Å²) in [6.45, 7) is 4.53. The van der Waals surface area contributed by atoms with Crippen LogP contribution in [0.3, 0.4) is 0 Å². The Morgan fingerprint density at radius 2 is 1.57 bits per heavy atom. The number of fused-ring (bicyclic) bond motifs is 1. The number of halogens is 6. The Balaban J connectivity index is 1.57. The van der Waals surface area contributed by atoms with Crippen molar-refractivity contribution in [2.24, 2.45) is 7.05 Å². The molecular weight excluding hydrogens is 630 g/mol. The van der Waals surface area contributed by atoms with Gasteiger partial charge in [-0.2, -0.15) is 36.5 Å². The lowest BCUT2D eigenvalue weighted by Crippen LogP contribution is -2.41. The first kappa shape index (κ1) is 33.0. The van der Waals surface area contributed by atoms with Crippen LogP contribution in [0.5, 0.6) is 0 Å². The average Bonchev–Trinajstić information content (AvgIpc) is 3.57. The number of carbonyl (C=O) groups excluding carboxylic acids is 2. The van der Waals surface area contributed by atoms with E-state index in [1.165, 1.54) is 48.5 Å². The molecule has 246 valence electrons. The van der Waals surface area contributed by atoms with Crippen molar-refractivity contribution in [1.82, 2.24) is 24.9 Å². The van der Waals surface area contributed by atoms with Crippen molar-refractivity contribution in [2.45, 2.75) is 44.8 Å². The molecule has 2 N–H and O–H groups in total. The molecule has 0 saturated heterocycles. The third-order valence-electron chi connectivity index (χ3n) is 6.83. The Hall–Kier alpha value is -5.34. The predicted molar refractivity (Wildman–Crippen MR) is 161 cm³/mol. The summed E-state index contributed by atoms with van der Waals surface area (Å²) in [7, 11) is 1.54. The second kappa shape index (κ2) is 12.1. The smallest absolute Gasteiger partial charge is 0.417 e. The second-order valence-electron chi connectivity index (χ2n) is 11.6. The molecule has 0 unspecified atom stereocenters. The van der Waals surface area contributed by atoms with E-state index in [1.807, 2.05) is 5.32 Å². The Labute approximate surface area is 264 Å². The van der Waals surface area contributed by atoms with E-state index in [9.17, 15) is 35.9 Å². The van der Waals surface area contributed by atoms with Crippen molar-refractivity contribution < 1.29 is 40.7 Å².